The Hall–Kier alpha value is -6.58. The number of anilines is 6. The molecule has 2 aliphatic heterocycles. The van der Waals surface area contributed by atoms with Crippen LogP contribution in [0.2, 0.25) is 0 Å². The van der Waals surface area contributed by atoms with Crippen molar-refractivity contribution in [2.45, 2.75) is 78.6 Å². The molecule has 0 saturated heterocycles. The Bertz CT molecular complexity index is 3000. The van der Waals surface area contributed by atoms with Gasteiger partial charge in [0.2, 0.25) is 0 Å². The first-order valence-electron chi connectivity index (χ1n) is 22.6. The van der Waals surface area contributed by atoms with Crippen LogP contribution in [0.5, 0.6) is 0 Å². The number of hydrogen-bond acceptors (Lipinski definition) is 2. The predicted molar refractivity (Wildman–Crippen MR) is 273 cm³/mol. The molecule has 0 aromatic heterocycles. The summed E-state index contributed by atoms with van der Waals surface area (Å²) < 4.78 is 0. The molecule has 0 radical (unpaired) electrons. The van der Waals surface area contributed by atoms with E-state index in [2.05, 4.69) is 254 Å². The molecule has 0 bridgehead atoms. The van der Waals surface area contributed by atoms with Gasteiger partial charge in [0, 0.05) is 34.0 Å². The molecular formula is C60H57BN2. The quantitative estimate of drug-likeness (QED) is 0.160. The van der Waals surface area contributed by atoms with Gasteiger partial charge < -0.3 is 9.80 Å². The van der Waals surface area contributed by atoms with E-state index in [1.807, 2.05) is 0 Å². The minimum Gasteiger partial charge on any atom is -0.311 e. The SMILES string of the molecule is CC(C)(C)c1ccc2c(c1)B1c3cc(-c4ccccc4C(C)(C)C)ccc3N(c3ccc(-c4ccccc4)cc3)c3cc(C(C)(C)C)cc(c31)N2c1ccccc1-c1ccccc1. The molecule has 0 aliphatic carbocycles. The van der Waals surface area contributed by atoms with Gasteiger partial charge in [0.15, 0.2) is 0 Å². The second-order valence-corrected chi connectivity index (χ2v) is 20.7. The first-order valence-corrected chi connectivity index (χ1v) is 22.6. The van der Waals surface area contributed by atoms with Crippen LogP contribution in [0.3, 0.4) is 0 Å². The first kappa shape index (κ1) is 40.5. The molecule has 2 heterocycles. The fourth-order valence-electron chi connectivity index (χ4n) is 9.96. The molecule has 0 fully saturated rings. The zero-order valence-electron chi connectivity index (χ0n) is 38.3. The van der Waals surface area contributed by atoms with Gasteiger partial charge in [-0.2, -0.15) is 0 Å². The van der Waals surface area contributed by atoms with Crippen LogP contribution in [0.15, 0.2) is 182 Å². The van der Waals surface area contributed by atoms with Gasteiger partial charge in [-0.25, -0.2) is 0 Å². The van der Waals surface area contributed by atoms with E-state index in [9.17, 15) is 0 Å². The van der Waals surface area contributed by atoms with Crippen LogP contribution >= 0.6 is 0 Å². The summed E-state index contributed by atoms with van der Waals surface area (Å²) in [4.78, 5) is 5.16. The van der Waals surface area contributed by atoms with E-state index in [0.29, 0.717) is 0 Å². The van der Waals surface area contributed by atoms with E-state index in [-0.39, 0.29) is 23.0 Å². The third-order valence-corrected chi connectivity index (χ3v) is 13.3. The molecular weight excluding hydrogens is 759 g/mol. The summed E-state index contributed by atoms with van der Waals surface area (Å²) in [7, 11) is 0. The lowest BCUT2D eigenvalue weighted by Crippen LogP contribution is -2.61. The lowest BCUT2D eigenvalue weighted by molar-refractivity contribution is 0.590. The van der Waals surface area contributed by atoms with Crippen LogP contribution in [-0.4, -0.2) is 6.71 Å². The number of benzene rings is 8. The van der Waals surface area contributed by atoms with Crippen LogP contribution in [0.1, 0.15) is 79.0 Å². The summed E-state index contributed by atoms with van der Waals surface area (Å²) in [6.45, 7) is 21.0. The van der Waals surface area contributed by atoms with E-state index in [1.54, 1.807) is 0 Å². The van der Waals surface area contributed by atoms with Gasteiger partial charge in [0.05, 0.1) is 5.69 Å². The van der Waals surface area contributed by atoms with Gasteiger partial charge in [-0.05, 0) is 120 Å². The van der Waals surface area contributed by atoms with Crippen LogP contribution in [0, 0.1) is 0 Å². The second kappa shape index (κ2) is 15.1. The number of hydrogen-bond donors (Lipinski definition) is 0. The molecule has 0 saturated carbocycles. The van der Waals surface area contributed by atoms with Crippen LogP contribution in [0.25, 0.3) is 33.4 Å². The number of fused-ring (bicyclic) bond motifs is 4. The van der Waals surface area contributed by atoms with Crippen molar-refractivity contribution in [3.63, 3.8) is 0 Å². The number of nitrogens with zero attached hydrogens (tertiary/aromatic N) is 2. The molecule has 0 spiro atoms. The summed E-state index contributed by atoms with van der Waals surface area (Å²) in [5.74, 6) is 0. The molecule has 2 nitrogen and oxygen atoms in total. The number of rotatable bonds is 5. The highest BCUT2D eigenvalue weighted by atomic mass is 15.2. The Kier molecular flexibility index (Phi) is 9.68. The molecule has 0 atom stereocenters. The van der Waals surface area contributed by atoms with Gasteiger partial charge in [-0.15, -0.1) is 0 Å². The highest BCUT2D eigenvalue weighted by Gasteiger charge is 2.45. The standard InChI is InChI=1S/C60H57BN2/c1-58(2,3)44-31-35-54-51(37-44)61-50-36-43(47-24-16-18-26-49(47)60(7,8)9)30-34-53(50)62(46-32-28-41(29-33-46)40-20-12-10-13-21-40)55-38-45(59(4,5)6)39-56(57(55)61)63(54)52-27-19-17-25-48(52)42-22-14-11-15-23-42/h10-39H,1-9H3. The van der Waals surface area contributed by atoms with Crippen molar-refractivity contribution < 1.29 is 0 Å². The van der Waals surface area contributed by atoms with Crippen molar-refractivity contribution in [2.24, 2.45) is 0 Å². The molecule has 2 aliphatic rings. The van der Waals surface area contributed by atoms with Crippen LogP contribution in [-0.2, 0) is 16.2 Å². The molecule has 63 heavy (non-hydrogen) atoms. The molecule has 3 heteroatoms. The normalized spacial score (nSPS) is 13.4. The van der Waals surface area contributed by atoms with Gasteiger partial charge >= 0.3 is 0 Å². The average molecular weight is 817 g/mol. The Balaban J connectivity index is 1.32. The molecule has 310 valence electrons. The van der Waals surface area contributed by atoms with E-state index in [1.165, 1.54) is 94.9 Å². The Morgan fingerprint density at radius 1 is 0.333 bits per heavy atom. The molecule has 0 amide bonds. The largest absolute Gasteiger partial charge is 0.311 e. The minimum absolute atomic E-state index is 0.0157. The average Bonchev–Trinajstić information content (AvgIpc) is 3.28. The lowest BCUT2D eigenvalue weighted by atomic mass is 9.33. The van der Waals surface area contributed by atoms with E-state index >= 15 is 0 Å². The monoisotopic (exact) mass is 816 g/mol. The molecule has 0 unspecified atom stereocenters. The maximum absolute atomic E-state index is 2.59. The summed E-state index contributed by atoms with van der Waals surface area (Å²) in [5, 5.41) is 0. The first-order chi connectivity index (χ1) is 30.2. The molecule has 10 rings (SSSR count). The van der Waals surface area contributed by atoms with E-state index in [4.69, 9.17) is 0 Å². The smallest absolute Gasteiger partial charge is 0.252 e. The number of para-hydroxylation sites is 1. The van der Waals surface area contributed by atoms with Gasteiger partial charge in [0.1, 0.15) is 0 Å². The fourth-order valence-corrected chi connectivity index (χ4v) is 9.96. The maximum atomic E-state index is 2.59. The summed E-state index contributed by atoms with van der Waals surface area (Å²) in [6, 6.07) is 68.5. The van der Waals surface area contributed by atoms with Crippen molar-refractivity contribution >= 4 is 57.2 Å². The molecule has 8 aromatic carbocycles. The lowest BCUT2D eigenvalue weighted by Gasteiger charge is -2.46. The zero-order chi connectivity index (χ0) is 43.8. The zero-order valence-corrected chi connectivity index (χ0v) is 38.3. The Labute approximate surface area is 376 Å². The van der Waals surface area contributed by atoms with Crippen molar-refractivity contribution in [1.82, 2.24) is 0 Å². The summed E-state index contributed by atoms with van der Waals surface area (Å²) in [5.41, 5.74) is 22.4. The second-order valence-electron chi connectivity index (χ2n) is 20.7. The van der Waals surface area contributed by atoms with Gasteiger partial charge in [0.25, 0.3) is 6.71 Å². The molecule has 8 aromatic rings. The summed E-state index contributed by atoms with van der Waals surface area (Å²) in [6.07, 6.45) is 0. The van der Waals surface area contributed by atoms with E-state index < -0.39 is 0 Å². The van der Waals surface area contributed by atoms with Crippen molar-refractivity contribution in [2.75, 3.05) is 9.80 Å². The Morgan fingerprint density at radius 2 is 0.841 bits per heavy atom. The topological polar surface area (TPSA) is 6.48 Å². The molecule has 0 N–H and O–H groups in total. The van der Waals surface area contributed by atoms with Gasteiger partial charge in [-0.1, -0.05) is 202 Å². The van der Waals surface area contributed by atoms with Gasteiger partial charge in [-0.3, -0.25) is 0 Å². The third-order valence-electron chi connectivity index (χ3n) is 13.3. The third kappa shape index (κ3) is 7.09. The fraction of sp³-hybridized carbons (Fsp3) is 0.200. The van der Waals surface area contributed by atoms with Crippen LogP contribution in [0.4, 0.5) is 34.1 Å². The maximum Gasteiger partial charge on any atom is 0.252 e. The van der Waals surface area contributed by atoms with Crippen molar-refractivity contribution in [3.05, 3.63) is 199 Å². The van der Waals surface area contributed by atoms with Crippen LogP contribution < -0.4 is 26.2 Å². The van der Waals surface area contributed by atoms with Crippen molar-refractivity contribution in [1.29, 1.82) is 0 Å². The minimum atomic E-state index is -0.119. The summed E-state index contributed by atoms with van der Waals surface area (Å²) >= 11 is 0. The Morgan fingerprint density at radius 3 is 1.49 bits per heavy atom. The predicted octanol–water partition coefficient (Wildman–Crippen LogP) is 14.7. The van der Waals surface area contributed by atoms with Crippen molar-refractivity contribution in [3.8, 4) is 33.4 Å². The highest BCUT2D eigenvalue weighted by molar-refractivity contribution is 7.00. The highest BCUT2D eigenvalue weighted by Crippen LogP contribution is 2.49. The van der Waals surface area contributed by atoms with E-state index in [0.717, 1.165) is 5.69 Å².